The zero-order chi connectivity index (χ0) is 6.53. The summed E-state index contributed by atoms with van der Waals surface area (Å²) in [5.74, 6) is 0.764. The molecule has 2 nitrogen and oxygen atoms in total. The van der Waals surface area contributed by atoms with E-state index in [2.05, 4.69) is 9.97 Å². The molecule has 0 aliphatic rings. The van der Waals surface area contributed by atoms with Crippen LogP contribution in [0.5, 0.6) is 0 Å². The second kappa shape index (κ2) is 2.97. The van der Waals surface area contributed by atoms with E-state index in [-0.39, 0.29) is 0 Å². The highest BCUT2D eigenvalue weighted by atomic mass is 14.8. The fourth-order valence-corrected chi connectivity index (χ4v) is 0.541. The summed E-state index contributed by atoms with van der Waals surface area (Å²) in [7, 11) is 0. The lowest BCUT2D eigenvalue weighted by Gasteiger charge is -1.88. The maximum Gasteiger partial charge on any atom is 0.131 e. The van der Waals surface area contributed by atoms with Crippen LogP contribution in [0.1, 0.15) is 5.82 Å². The van der Waals surface area contributed by atoms with Crippen LogP contribution in [0.4, 0.5) is 0 Å². The molecule has 0 unspecified atom stereocenters. The standard InChI is InChI=1S/C7H7N2/c1-2-4-7-8-5-3-6-9-7/h1-3,5-6H,4H2. The number of aromatic nitrogens is 2. The van der Waals surface area contributed by atoms with Crippen molar-refractivity contribution in [2.24, 2.45) is 0 Å². The first-order chi connectivity index (χ1) is 4.43. The first-order valence-electron chi connectivity index (χ1n) is 2.73. The molecule has 0 aromatic carbocycles. The van der Waals surface area contributed by atoms with Crippen LogP contribution in [0, 0.1) is 6.58 Å². The largest absolute Gasteiger partial charge is 0.241 e. The molecule has 0 amide bonds. The van der Waals surface area contributed by atoms with Gasteiger partial charge in [-0.2, -0.15) is 0 Å². The molecule has 1 rings (SSSR count). The maximum absolute atomic E-state index is 5.16. The molecule has 0 saturated heterocycles. The van der Waals surface area contributed by atoms with Crippen LogP contribution in [-0.4, -0.2) is 9.97 Å². The summed E-state index contributed by atoms with van der Waals surface area (Å²) in [6, 6.07) is 1.78. The molecule has 45 valence electrons. The Kier molecular flexibility index (Phi) is 1.96. The van der Waals surface area contributed by atoms with Gasteiger partial charge in [-0.1, -0.05) is 12.7 Å². The predicted molar refractivity (Wildman–Crippen MR) is 34.6 cm³/mol. The number of hydrogen-bond acceptors (Lipinski definition) is 2. The molecule has 0 N–H and O–H groups in total. The molecule has 0 saturated carbocycles. The van der Waals surface area contributed by atoms with Gasteiger partial charge in [0.05, 0.1) is 0 Å². The number of rotatable bonds is 2. The van der Waals surface area contributed by atoms with E-state index in [0.29, 0.717) is 6.42 Å². The van der Waals surface area contributed by atoms with Crippen LogP contribution in [0.2, 0.25) is 0 Å². The van der Waals surface area contributed by atoms with E-state index < -0.39 is 0 Å². The molecule has 9 heavy (non-hydrogen) atoms. The second-order valence-corrected chi connectivity index (χ2v) is 1.60. The Bertz CT molecular complexity index is 181. The Morgan fingerprint density at radius 3 is 2.67 bits per heavy atom. The fourth-order valence-electron chi connectivity index (χ4n) is 0.541. The molecular formula is C7H7N2. The van der Waals surface area contributed by atoms with Gasteiger partial charge < -0.3 is 0 Å². The molecule has 0 bridgehead atoms. The van der Waals surface area contributed by atoms with Crippen LogP contribution in [0.3, 0.4) is 0 Å². The van der Waals surface area contributed by atoms with E-state index in [4.69, 9.17) is 6.58 Å². The monoisotopic (exact) mass is 119 g/mol. The summed E-state index contributed by atoms with van der Waals surface area (Å²) in [6.07, 6.45) is 5.58. The van der Waals surface area contributed by atoms with Crippen LogP contribution in [0.15, 0.2) is 24.5 Å². The minimum Gasteiger partial charge on any atom is -0.241 e. The lowest BCUT2D eigenvalue weighted by atomic mass is 10.4. The Labute approximate surface area is 54.3 Å². The summed E-state index contributed by atoms with van der Waals surface area (Å²) in [5.41, 5.74) is 0. The van der Waals surface area contributed by atoms with Gasteiger partial charge >= 0.3 is 0 Å². The maximum atomic E-state index is 5.16. The van der Waals surface area contributed by atoms with E-state index in [1.165, 1.54) is 6.08 Å². The van der Waals surface area contributed by atoms with E-state index in [0.717, 1.165) is 5.82 Å². The Morgan fingerprint density at radius 2 is 2.11 bits per heavy atom. The first kappa shape index (κ1) is 5.95. The molecular weight excluding hydrogens is 112 g/mol. The van der Waals surface area contributed by atoms with Gasteiger partial charge in [-0.05, 0) is 6.07 Å². The first-order valence-corrected chi connectivity index (χ1v) is 2.73. The fraction of sp³-hybridized carbons (Fsp3) is 0.143. The predicted octanol–water partition coefficient (Wildman–Crippen LogP) is 1.01. The molecule has 1 aromatic heterocycles. The van der Waals surface area contributed by atoms with Crippen molar-refractivity contribution < 1.29 is 0 Å². The van der Waals surface area contributed by atoms with Crippen LogP contribution < -0.4 is 0 Å². The quantitative estimate of drug-likeness (QED) is 0.580. The summed E-state index contributed by atoms with van der Waals surface area (Å²) >= 11 is 0. The summed E-state index contributed by atoms with van der Waals surface area (Å²) in [5, 5.41) is 0. The van der Waals surface area contributed by atoms with Crippen molar-refractivity contribution in [2.75, 3.05) is 0 Å². The van der Waals surface area contributed by atoms with Gasteiger partial charge in [0.25, 0.3) is 0 Å². The Hall–Kier alpha value is -1.18. The summed E-state index contributed by atoms with van der Waals surface area (Å²) in [4.78, 5) is 7.89. The topological polar surface area (TPSA) is 25.8 Å². The van der Waals surface area contributed by atoms with Crippen LogP contribution in [-0.2, 0) is 6.42 Å². The highest BCUT2D eigenvalue weighted by molar-refractivity contribution is 4.92. The SMILES string of the molecule is [CH]=CCc1ncccn1. The van der Waals surface area contributed by atoms with Crippen molar-refractivity contribution >= 4 is 0 Å². The molecule has 1 radical (unpaired) electrons. The van der Waals surface area contributed by atoms with Crippen molar-refractivity contribution in [3.05, 3.63) is 36.9 Å². The zero-order valence-electron chi connectivity index (χ0n) is 4.99. The number of allylic oxidation sites excluding steroid dienone is 1. The third-order valence-electron chi connectivity index (χ3n) is 0.920. The molecule has 0 spiro atoms. The minimum atomic E-state index is 0.640. The van der Waals surface area contributed by atoms with Crippen LogP contribution >= 0.6 is 0 Å². The summed E-state index contributed by atoms with van der Waals surface area (Å²) < 4.78 is 0. The molecule has 0 atom stereocenters. The molecule has 0 fully saturated rings. The van der Waals surface area contributed by atoms with Crippen LogP contribution in [0.25, 0.3) is 0 Å². The van der Waals surface area contributed by atoms with E-state index >= 15 is 0 Å². The Morgan fingerprint density at radius 1 is 1.44 bits per heavy atom. The van der Waals surface area contributed by atoms with E-state index in [1.54, 1.807) is 18.5 Å². The highest BCUT2D eigenvalue weighted by Crippen LogP contribution is 1.87. The molecule has 1 heterocycles. The van der Waals surface area contributed by atoms with Crippen molar-refractivity contribution in [2.45, 2.75) is 6.42 Å². The number of nitrogens with zero attached hydrogens (tertiary/aromatic N) is 2. The summed E-state index contributed by atoms with van der Waals surface area (Å²) in [6.45, 7) is 5.16. The molecule has 0 aliphatic carbocycles. The Balaban J connectivity index is 2.72. The molecule has 1 aromatic rings. The molecule has 2 heteroatoms. The normalized spacial score (nSPS) is 8.89. The van der Waals surface area contributed by atoms with Gasteiger partial charge in [-0.3, -0.25) is 0 Å². The van der Waals surface area contributed by atoms with Crippen molar-refractivity contribution in [1.29, 1.82) is 0 Å². The average molecular weight is 119 g/mol. The van der Waals surface area contributed by atoms with Gasteiger partial charge in [0.1, 0.15) is 5.82 Å². The van der Waals surface area contributed by atoms with Gasteiger partial charge in [0, 0.05) is 18.8 Å². The van der Waals surface area contributed by atoms with Gasteiger partial charge in [0.2, 0.25) is 0 Å². The highest BCUT2D eigenvalue weighted by Gasteiger charge is 1.85. The van der Waals surface area contributed by atoms with Crippen molar-refractivity contribution in [3.8, 4) is 0 Å². The van der Waals surface area contributed by atoms with E-state index in [1.807, 2.05) is 0 Å². The smallest absolute Gasteiger partial charge is 0.131 e. The zero-order valence-corrected chi connectivity index (χ0v) is 4.99. The lowest BCUT2D eigenvalue weighted by Crippen LogP contribution is -1.88. The van der Waals surface area contributed by atoms with Gasteiger partial charge in [-0.25, -0.2) is 9.97 Å². The van der Waals surface area contributed by atoms with E-state index in [9.17, 15) is 0 Å². The third-order valence-corrected chi connectivity index (χ3v) is 0.920. The molecule has 0 aliphatic heterocycles. The van der Waals surface area contributed by atoms with Gasteiger partial charge in [0.15, 0.2) is 0 Å². The van der Waals surface area contributed by atoms with Crippen molar-refractivity contribution in [1.82, 2.24) is 9.97 Å². The lowest BCUT2D eigenvalue weighted by molar-refractivity contribution is 0.990. The number of hydrogen-bond donors (Lipinski definition) is 0. The van der Waals surface area contributed by atoms with Gasteiger partial charge in [-0.15, -0.1) is 0 Å². The minimum absolute atomic E-state index is 0.640. The second-order valence-electron chi connectivity index (χ2n) is 1.60. The third kappa shape index (κ3) is 1.64. The van der Waals surface area contributed by atoms with Crippen molar-refractivity contribution in [3.63, 3.8) is 0 Å². The average Bonchev–Trinajstić information content (AvgIpc) is 1.91.